The van der Waals surface area contributed by atoms with Crippen LogP contribution in [0.5, 0.6) is 0 Å². The highest BCUT2D eigenvalue weighted by Gasteiger charge is 2.31. The molecule has 0 aromatic rings. The predicted molar refractivity (Wildman–Crippen MR) is 47.4 cm³/mol. The highest BCUT2D eigenvalue weighted by molar-refractivity contribution is 8.22. The van der Waals surface area contributed by atoms with Gasteiger partial charge in [0.15, 0.2) is 0 Å². The summed E-state index contributed by atoms with van der Waals surface area (Å²) in [5.41, 5.74) is 0. The van der Waals surface area contributed by atoms with Gasteiger partial charge >= 0.3 is 0 Å². The van der Waals surface area contributed by atoms with Crippen LogP contribution in [0.1, 0.15) is 27.7 Å². The molecule has 0 nitrogen and oxygen atoms in total. The maximum absolute atomic E-state index is 2.33. The van der Waals surface area contributed by atoms with E-state index in [1.54, 1.807) is 4.86 Å². The minimum Gasteiger partial charge on any atom is -0.182 e. The zero-order valence-electron chi connectivity index (χ0n) is 6.77. The second-order valence-corrected chi connectivity index (χ2v) is 5.90. The molecule has 54 valence electrons. The number of rotatable bonds is 1. The van der Waals surface area contributed by atoms with Crippen molar-refractivity contribution in [3.63, 3.8) is 0 Å². The van der Waals surface area contributed by atoms with Crippen molar-refractivity contribution >= 4 is 15.3 Å². The Morgan fingerprint density at radius 3 is 2.11 bits per heavy atom. The molecule has 2 unspecified atom stereocenters. The minimum absolute atomic E-state index is 0.731. The third-order valence-corrected chi connectivity index (χ3v) is 4.64. The third kappa shape index (κ3) is 1.57. The van der Waals surface area contributed by atoms with Crippen molar-refractivity contribution in [2.75, 3.05) is 5.75 Å². The van der Waals surface area contributed by atoms with E-state index in [0.717, 1.165) is 21.7 Å². The lowest BCUT2D eigenvalue weighted by Crippen LogP contribution is -1.94. The summed E-state index contributed by atoms with van der Waals surface area (Å²) in [6.45, 7) is 9.21. The molecule has 1 fully saturated rings. The quantitative estimate of drug-likeness (QED) is 0.392. The van der Waals surface area contributed by atoms with Crippen LogP contribution in [0.4, 0.5) is 0 Å². The van der Waals surface area contributed by atoms with Gasteiger partial charge in [-0.25, -0.2) is 0 Å². The topological polar surface area (TPSA) is 0 Å². The van der Waals surface area contributed by atoms with Crippen molar-refractivity contribution in [1.82, 2.24) is 0 Å². The van der Waals surface area contributed by atoms with Crippen molar-refractivity contribution in [2.24, 2.45) is 5.92 Å². The zero-order valence-corrected chi connectivity index (χ0v) is 7.59. The molecule has 0 amide bonds. The van der Waals surface area contributed by atoms with E-state index in [1.165, 1.54) is 5.75 Å². The van der Waals surface area contributed by atoms with Crippen LogP contribution in [0.15, 0.2) is 0 Å². The van der Waals surface area contributed by atoms with Gasteiger partial charge in [-0.2, -0.15) is 10.5 Å². The minimum atomic E-state index is 0.731. The standard InChI is InChI=1S/C8H16S/c1-6(2)8-5-9(8)7(3)4/h6,8H,5H2,1-4H3. The van der Waals surface area contributed by atoms with Gasteiger partial charge in [0.25, 0.3) is 0 Å². The van der Waals surface area contributed by atoms with Crippen molar-refractivity contribution in [3.05, 3.63) is 0 Å². The van der Waals surface area contributed by atoms with Crippen molar-refractivity contribution in [2.45, 2.75) is 32.9 Å². The molecule has 0 bridgehead atoms. The second kappa shape index (κ2) is 2.45. The van der Waals surface area contributed by atoms with E-state index in [4.69, 9.17) is 0 Å². The summed E-state index contributed by atoms with van der Waals surface area (Å²) in [6, 6.07) is 0. The molecule has 0 aromatic heterocycles. The molecule has 1 aliphatic rings. The highest BCUT2D eigenvalue weighted by Crippen LogP contribution is 2.45. The summed E-state index contributed by atoms with van der Waals surface area (Å²) in [5.74, 6) is 2.41. The van der Waals surface area contributed by atoms with Gasteiger partial charge in [0.2, 0.25) is 0 Å². The molecule has 0 spiro atoms. The van der Waals surface area contributed by atoms with Crippen molar-refractivity contribution in [1.29, 1.82) is 0 Å². The summed E-state index contributed by atoms with van der Waals surface area (Å²) in [5, 5.41) is 1.05. The van der Waals surface area contributed by atoms with Gasteiger partial charge < -0.3 is 0 Å². The van der Waals surface area contributed by atoms with Crippen LogP contribution < -0.4 is 0 Å². The first kappa shape index (κ1) is 7.33. The van der Waals surface area contributed by atoms with Crippen LogP contribution in [0.25, 0.3) is 0 Å². The van der Waals surface area contributed by atoms with E-state index in [1.807, 2.05) is 0 Å². The summed E-state index contributed by atoms with van der Waals surface area (Å²) in [6.07, 6.45) is 0. The first-order valence-corrected chi connectivity index (χ1v) is 5.08. The number of hydrogen-bond acceptors (Lipinski definition) is 0. The van der Waals surface area contributed by atoms with E-state index in [9.17, 15) is 0 Å². The van der Waals surface area contributed by atoms with E-state index >= 15 is 0 Å². The average molecular weight is 144 g/mol. The largest absolute Gasteiger partial charge is 0.182 e. The normalized spacial score (nSPS) is 33.0. The molecular formula is C8H16S. The fourth-order valence-electron chi connectivity index (χ4n) is 1.13. The fraction of sp³-hybridized carbons (Fsp3) is 0.875. The van der Waals surface area contributed by atoms with Gasteiger partial charge in [0.1, 0.15) is 0 Å². The highest BCUT2D eigenvalue weighted by atomic mass is 32.2. The molecule has 2 atom stereocenters. The Balaban J connectivity index is 2.51. The monoisotopic (exact) mass is 144 g/mol. The first-order chi connectivity index (χ1) is 4.13. The van der Waals surface area contributed by atoms with Gasteiger partial charge in [-0.05, 0) is 19.8 Å². The van der Waals surface area contributed by atoms with Crippen molar-refractivity contribution < 1.29 is 0 Å². The summed E-state index contributed by atoms with van der Waals surface area (Å²) >= 11 is 0. The summed E-state index contributed by atoms with van der Waals surface area (Å²) in [4.78, 5) is 1.66. The maximum atomic E-state index is 2.33. The Labute approximate surface area is 60.6 Å². The molecule has 1 heterocycles. The lowest BCUT2D eigenvalue weighted by Gasteiger charge is -1.97. The van der Waals surface area contributed by atoms with Crippen LogP contribution >= 0.6 is 10.5 Å². The van der Waals surface area contributed by atoms with Gasteiger partial charge in [0, 0.05) is 11.0 Å². The van der Waals surface area contributed by atoms with Gasteiger partial charge in [-0.1, -0.05) is 18.7 Å². The second-order valence-electron chi connectivity index (χ2n) is 3.29. The Hall–Kier alpha value is 0.220. The Kier molecular flexibility index (Phi) is 2.00. The molecule has 1 saturated heterocycles. The molecule has 1 rings (SSSR count). The molecule has 0 saturated carbocycles. The Bertz CT molecular complexity index is 141. The molecule has 0 radical (unpaired) electrons. The lowest BCUT2D eigenvalue weighted by atomic mass is 10.2. The van der Waals surface area contributed by atoms with Crippen LogP contribution in [-0.2, 0) is 0 Å². The van der Waals surface area contributed by atoms with Gasteiger partial charge in [0.05, 0.1) is 0 Å². The molecule has 1 heteroatoms. The Morgan fingerprint density at radius 1 is 1.44 bits per heavy atom. The van der Waals surface area contributed by atoms with E-state index < -0.39 is 0 Å². The van der Waals surface area contributed by atoms with E-state index in [0.29, 0.717) is 0 Å². The molecular weight excluding hydrogens is 128 g/mol. The SMILES string of the molecule is CC(C)=S1CC1C(C)C. The summed E-state index contributed by atoms with van der Waals surface area (Å²) in [7, 11) is 0.731. The van der Waals surface area contributed by atoms with E-state index in [2.05, 4.69) is 27.7 Å². The molecule has 0 N–H and O–H groups in total. The van der Waals surface area contributed by atoms with Crippen LogP contribution in [-0.4, -0.2) is 15.9 Å². The number of hydrogen-bond donors (Lipinski definition) is 0. The Morgan fingerprint density at radius 2 is 2.00 bits per heavy atom. The predicted octanol–water partition coefficient (Wildman–Crippen LogP) is 2.51. The molecule has 9 heavy (non-hydrogen) atoms. The van der Waals surface area contributed by atoms with Crippen LogP contribution in [0, 0.1) is 5.92 Å². The van der Waals surface area contributed by atoms with Crippen LogP contribution in [0.2, 0.25) is 0 Å². The molecule has 1 aliphatic heterocycles. The van der Waals surface area contributed by atoms with Crippen molar-refractivity contribution in [3.8, 4) is 0 Å². The maximum Gasteiger partial charge on any atom is 0.0107 e. The average Bonchev–Trinajstić information content (AvgIpc) is 2.39. The molecule has 0 aromatic carbocycles. The van der Waals surface area contributed by atoms with Crippen LogP contribution in [0.3, 0.4) is 0 Å². The zero-order chi connectivity index (χ0) is 7.02. The van der Waals surface area contributed by atoms with Gasteiger partial charge in [-0.15, -0.1) is 0 Å². The fourth-order valence-corrected chi connectivity index (χ4v) is 3.59. The first-order valence-electron chi connectivity index (χ1n) is 3.62. The molecule has 0 aliphatic carbocycles. The lowest BCUT2D eigenvalue weighted by molar-refractivity contribution is 0.681. The summed E-state index contributed by atoms with van der Waals surface area (Å²) < 4.78 is 0. The van der Waals surface area contributed by atoms with Gasteiger partial charge in [-0.3, -0.25) is 0 Å². The smallest absolute Gasteiger partial charge is 0.0107 e. The van der Waals surface area contributed by atoms with E-state index in [-0.39, 0.29) is 0 Å². The third-order valence-electron chi connectivity index (χ3n) is 1.86.